The third kappa shape index (κ3) is 1.19. The van der Waals surface area contributed by atoms with Crippen molar-refractivity contribution in [1.29, 1.82) is 0 Å². The Morgan fingerprint density at radius 3 is 3.00 bits per heavy atom. The highest BCUT2D eigenvalue weighted by Crippen LogP contribution is 2.24. The van der Waals surface area contributed by atoms with E-state index in [1.165, 1.54) is 0 Å². The summed E-state index contributed by atoms with van der Waals surface area (Å²) >= 11 is 9.22. The van der Waals surface area contributed by atoms with Crippen LogP contribution in [0, 0.1) is 0 Å². The van der Waals surface area contributed by atoms with Crippen LogP contribution in [0.25, 0.3) is 0 Å². The number of fused-ring (bicyclic) bond motifs is 1. The second-order valence-electron chi connectivity index (χ2n) is 2.58. The van der Waals surface area contributed by atoms with Gasteiger partial charge in [0.05, 0.1) is 6.61 Å². The van der Waals surface area contributed by atoms with Gasteiger partial charge in [-0.15, -0.1) is 0 Å². The van der Waals surface area contributed by atoms with Crippen LogP contribution in [0.3, 0.4) is 0 Å². The Kier molecular flexibility index (Phi) is 2.17. The number of halogens is 2. The van der Waals surface area contributed by atoms with Crippen LogP contribution in [-0.4, -0.2) is 12.1 Å². The van der Waals surface area contributed by atoms with Gasteiger partial charge >= 0.3 is 7.12 Å². The van der Waals surface area contributed by atoms with E-state index < -0.39 is 7.12 Å². The Hall–Kier alpha value is -0.0251. The predicted octanol–water partition coefficient (Wildman–Crippen LogP) is 1.32. The van der Waals surface area contributed by atoms with E-state index in [9.17, 15) is 5.02 Å². The first-order valence-corrected chi connectivity index (χ1v) is 4.63. The van der Waals surface area contributed by atoms with Crippen LogP contribution in [0.15, 0.2) is 16.6 Å². The van der Waals surface area contributed by atoms with E-state index >= 15 is 0 Å². The molecule has 0 saturated carbocycles. The molecule has 0 radical (unpaired) electrons. The molecule has 1 aliphatic rings. The second kappa shape index (κ2) is 3.03. The van der Waals surface area contributed by atoms with Gasteiger partial charge in [0.15, 0.2) is 0 Å². The van der Waals surface area contributed by atoms with E-state index in [2.05, 4.69) is 15.9 Å². The van der Waals surface area contributed by atoms with Crippen molar-refractivity contribution in [1.82, 2.24) is 0 Å². The first-order chi connectivity index (χ1) is 5.70. The van der Waals surface area contributed by atoms with Gasteiger partial charge in [-0.25, -0.2) is 0 Å². The molecule has 0 saturated heterocycles. The highest BCUT2D eigenvalue weighted by atomic mass is 79.9. The summed E-state index contributed by atoms with van der Waals surface area (Å²) in [5.41, 5.74) is 1.63. The van der Waals surface area contributed by atoms with Crippen molar-refractivity contribution in [3.63, 3.8) is 0 Å². The summed E-state index contributed by atoms with van der Waals surface area (Å²) in [6.45, 7) is 0.384. The maximum atomic E-state index is 9.38. The first kappa shape index (κ1) is 8.57. The molecular formula is C7H5BBrClO2. The minimum absolute atomic E-state index is 0.384. The molecule has 62 valence electrons. The van der Waals surface area contributed by atoms with E-state index in [0.717, 1.165) is 15.5 Å². The quantitative estimate of drug-likeness (QED) is 0.701. The number of benzene rings is 1. The van der Waals surface area contributed by atoms with Gasteiger partial charge in [-0.2, -0.15) is 0 Å². The molecule has 12 heavy (non-hydrogen) atoms. The van der Waals surface area contributed by atoms with E-state index in [-0.39, 0.29) is 0 Å². The van der Waals surface area contributed by atoms with Crippen LogP contribution >= 0.6 is 27.5 Å². The molecule has 0 bridgehead atoms. The number of hydrogen-bond acceptors (Lipinski definition) is 2. The van der Waals surface area contributed by atoms with Crippen LogP contribution in [0.4, 0.5) is 0 Å². The molecule has 1 aromatic rings. The molecule has 0 spiro atoms. The zero-order valence-electron chi connectivity index (χ0n) is 6.05. The van der Waals surface area contributed by atoms with Gasteiger partial charge in [0.1, 0.15) is 0 Å². The smallest absolute Gasteiger partial charge is 0.423 e. The van der Waals surface area contributed by atoms with Crippen LogP contribution in [0.2, 0.25) is 5.02 Å². The van der Waals surface area contributed by atoms with E-state index in [4.69, 9.17) is 16.3 Å². The largest absolute Gasteiger partial charge is 0.492 e. The summed E-state index contributed by atoms with van der Waals surface area (Å²) in [4.78, 5) is 0. The highest BCUT2D eigenvalue weighted by molar-refractivity contribution is 9.10. The minimum Gasteiger partial charge on any atom is -0.423 e. The molecule has 2 nitrogen and oxygen atoms in total. The van der Waals surface area contributed by atoms with Crippen molar-refractivity contribution < 1.29 is 9.68 Å². The summed E-state index contributed by atoms with van der Waals surface area (Å²) in [5.74, 6) is 0. The monoisotopic (exact) mass is 246 g/mol. The molecule has 5 heteroatoms. The fourth-order valence-electron chi connectivity index (χ4n) is 1.27. The average Bonchev–Trinajstić information content (AvgIpc) is 2.42. The Labute approximate surface area is 83.8 Å². The SMILES string of the molecule is OB1OCc2c(Cl)ccc(Br)c21. The minimum atomic E-state index is -0.840. The van der Waals surface area contributed by atoms with Crippen LogP contribution in [-0.2, 0) is 11.3 Å². The van der Waals surface area contributed by atoms with E-state index in [0.29, 0.717) is 11.6 Å². The summed E-state index contributed by atoms with van der Waals surface area (Å²) in [5, 5.41) is 10.0. The lowest BCUT2D eigenvalue weighted by Gasteiger charge is -2.02. The summed E-state index contributed by atoms with van der Waals surface area (Å²) in [7, 11) is -0.840. The zero-order valence-corrected chi connectivity index (χ0v) is 8.39. The van der Waals surface area contributed by atoms with Crippen molar-refractivity contribution >= 4 is 40.1 Å². The third-order valence-corrected chi connectivity index (χ3v) is 2.92. The molecule has 0 aliphatic carbocycles. The predicted molar refractivity (Wildman–Crippen MR) is 51.5 cm³/mol. The maximum Gasteiger partial charge on any atom is 0.492 e. The molecular weight excluding hydrogens is 242 g/mol. The van der Waals surface area contributed by atoms with Crippen molar-refractivity contribution in [3.8, 4) is 0 Å². The fraction of sp³-hybridized carbons (Fsp3) is 0.143. The molecule has 0 fully saturated rings. The van der Waals surface area contributed by atoms with E-state index in [1.54, 1.807) is 12.1 Å². The first-order valence-electron chi connectivity index (χ1n) is 3.46. The van der Waals surface area contributed by atoms with Gasteiger partial charge in [0, 0.05) is 15.0 Å². The lowest BCUT2D eigenvalue weighted by Crippen LogP contribution is -2.29. The standard InChI is InChI=1S/C7H5BBrClO2/c9-5-1-2-6(10)4-3-12-8(11)7(4)5/h1-2,11H,3H2. The Balaban J connectivity index is 2.64. The molecule has 1 heterocycles. The fourth-order valence-corrected chi connectivity index (χ4v) is 2.06. The van der Waals surface area contributed by atoms with Crippen LogP contribution in [0.5, 0.6) is 0 Å². The van der Waals surface area contributed by atoms with E-state index in [1.807, 2.05) is 0 Å². The summed E-state index contributed by atoms with van der Waals surface area (Å²) < 4.78 is 5.87. The van der Waals surface area contributed by atoms with Gasteiger partial charge in [-0.05, 0) is 17.7 Å². The second-order valence-corrected chi connectivity index (χ2v) is 3.85. The van der Waals surface area contributed by atoms with Crippen LogP contribution < -0.4 is 5.46 Å². The molecule has 2 rings (SSSR count). The van der Waals surface area contributed by atoms with Gasteiger partial charge in [0.25, 0.3) is 0 Å². The Morgan fingerprint density at radius 2 is 2.33 bits per heavy atom. The van der Waals surface area contributed by atoms with Gasteiger partial charge in [0.2, 0.25) is 0 Å². The topological polar surface area (TPSA) is 29.5 Å². The maximum absolute atomic E-state index is 9.38. The van der Waals surface area contributed by atoms with Gasteiger partial charge < -0.3 is 9.68 Å². The normalized spacial score (nSPS) is 15.1. The molecule has 0 amide bonds. The molecule has 1 aromatic carbocycles. The highest BCUT2D eigenvalue weighted by Gasteiger charge is 2.31. The van der Waals surface area contributed by atoms with Crippen molar-refractivity contribution in [3.05, 3.63) is 27.2 Å². The molecule has 0 atom stereocenters. The zero-order chi connectivity index (χ0) is 8.72. The van der Waals surface area contributed by atoms with Crippen molar-refractivity contribution in [2.45, 2.75) is 6.61 Å². The Morgan fingerprint density at radius 1 is 1.58 bits per heavy atom. The summed E-state index contributed by atoms with van der Waals surface area (Å²) in [6, 6.07) is 3.59. The van der Waals surface area contributed by atoms with Crippen LogP contribution in [0.1, 0.15) is 5.56 Å². The number of hydrogen-bond donors (Lipinski definition) is 1. The molecule has 1 aliphatic heterocycles. The lowest BCUT2D eigenvalue weighted by molar-refractivity contribution is 0.275. The van der Waals surface area contributed by atoms with Gasteiger partial charge in [-0.3, -0.25) is 0 Å². The molecule has 0 unspecified atom stereocenters. The third-order valence-electron chi connectivity index (χ3n) is 1.88. The Bertz CT molecular complexity index is 331. The average molecular weight is 247 g/mol. The lowest BCUT2D eigenvalue weighted by atomic mass is 9.80. The van der Waals surface area contributed by atoms with Crippen molar-refractivity contribution in [2.24, 2.45) is 0 Å². The number of rotatable bonds is 0. The summed E-state index contributed by atoms with van der Waals surface area (Å²) in [6.07, 6.45) is 0. The van der Waals surface area contributed by atoms with Gasteiger partial charge in [-0.1, -0.05) is 27.5 Å². The molecule has 0 aromatic heterocycles. The molecule has 1 N–H and O–H groups in total. The van der Waals surface area contributed by atoms with Crippen molar-refractivity contribution in [2.75, 3.05) is 0 Å².